The molecular formula is C17H15BrN2O2. The monoisotopic (exact) mass is 358 g/mol. The van der Waals surface area contributed by atoms with Crippen molar-refractivity contribution in [3.8, 4) is 0 Å². The van der Waals surface area contributed by atoms with Crippen LogP contribution in [-0.4, -0.2) is 13.0 Å². The number of hydrazine groups is 1. The van der Waals surface area contributed by atoms with Gasteiger partial charge in [0.1, 0.15) is 5.58 Å². The van der Waals surface area contributed by atoms with Crippen LogP contribution in [0.25, 0.3) is 11.0 Å². The maximum Gasteiger partial charge on any atom is 0.305 e. The third-order valence-electron chi connectivity index (χ3n) is 3.52. The molecule has 2 aromatic carbocycles. The molecule has 5 heteroatoms. The first-order chi connectivity index (χ1) is 10.6. The first-order valence-corrected chi connectivity index (χ1v) is 7.64. The molecule has 3 aromatic rings. The number of rotatable bonds is 3. The number of nitrogens with one attached hydrogen (secondary N) is 1. The first kappa shape index (κ1) is 14.7. The molecule has 0 radical (unpaired) electrons. The highest BCUT2D eigenvalue weighted by atomic mass is 79.9. The van der Waals surface area contributed by atoms with Gasteiger partial charge >= 0.3 is 5.91 Å². The molecule has 0 aliphatic heterocycles. The lowest BCUT2D eigenvalue weighted by molar-refractivity contribution is 0.0925. The van der Waals surface area contributed by atoms with E-state index in [0.717, 1.165) is 21.1 Å². The van der Waals surface area contributed by atoms with E-state index < -0.39 is 0 Å². The largest absolute Gasteiger partial charge is 0.451 e. The van der Waals surface area contributed by atoms with Gasteiger partial charge in [-0.15, -0.1) is 0 Å². The molecule has 1 N–H and O–H groups in total. The van der Waals surface area contributed by atoms with Gasteiger partial charge in [-0.3, -0.25) is 15.2 Å². The number of anilines is 1. The molecule has 0 atom stereocenters. The zero-order valence-electron chi connectivity index (χ0n) is 12.3. The van der Waals surface area contributed by atoms with Crippen LogP contribution in [0.1, 0.15) is 16.1 Å². The highest BCUT2D eigenvalue weighted by Gasteiger charge is 2.19. The lowest BCUT2D eigenvalue weighted by Gasteiger charge is -2.19. The summed E-state index contributed by atoms with van der Waals surface area (Å²) in [5, 5.41) is 2.60. The number of halogens is 1. The van der Waals surface area contributed by atoms with Gasteiger partial charge in [0.05, 0.1) is 5.69 Å². The molecule has 1 amide bonds. The molecule has 22 heavy (non-hydrogen) atoms. The summed E-state index contributed by atoms with van der Waals surface area (Å²) in [7, 11) is 1.79. The van der Waals surface area contributed by atoms with Gasteiger partial charge in [-0.1, -0.05) is 34.1 Å². The van der Waals surface area contributed by atoms with Gasteiger partial charge in [-0.25, -0.2) is 0 Å². The highest BCUT2D eigenvalue weighted by Crippen LogP contribution is 2.28. The summed E-state index contributed by atoms with van der Waals surface area (Å²) in [4.78, 5) is 12.4. The summed E-state index contributed by atoms with van der Waals surface area (Å²) < 4.78 is 6.65. The molecule has 1 aromatic heterocycles. The van der Waals surface area contributed by atoms with Gasteiger partial charge < -0.3 is 4.42 Å². The Morgan fingerprint density at radius 1 is 1.18 bits per heavy atom. The molecule has 4 nitrogen and oxygen atoms in total. The lowest BCUT2D eigenvalue weighted by atomic mass is 10.1. The Hall–Kier alpha value is -2.27. The van der Waals surface area contributed by atoms with E-state index in [-0.39, 0.29) is 5.91 Å². The van der Waals surface area contributed by atoms with E-state index in [2.05, 4.69) is 21.4 Å². The topological polar surface area (TPSA) is 45.5 Å². The van der Waals surface area contributed by atoms with Crippen LogP contribution in [0.3, 0.4) is 0 Å². The van der Waals surface area contributed by atoms with Gasteiger partial charge in [0.15, 0.2) is 5.76 Å². The summed E-state index contributed by atoms with van der Waals surface area (Å²) in [5.41, 5.74) is 5.24. The van der Waals surface area contributed by atoms with Gasteiger partial charge in [-0.2, -0.15) is 0 Å². The van der Waals surface area contributed by atoms with Crippen molar-refractivity contribution in [2.24, 2.45) is 0 Å². The fourth-order valence-electron chi connectivity index (χ4n) is 2.33. The number of furan rings is 1. The van der Waals surface area contributed by atoms with Crippen molar-refractivity contribution in [1.29, 1.82) is 0 Å². The number of benzene rings is 2. The smallest absolute Gasteiger partial charge is 0.305 e. The third kappa shape index (κ3) is 2.72. The number of para-hydroxylation sites is 1. The Morgan fingerprint density at radius 2 is 1.91 bits per heavy atom. The fraction of sp³-hybridized carbons (Fsp3) is 0.118. The Kier molecular flexibility index (Phi) is 3.90. The molecule has 3 rings (SSSR count). The molecule has 0 bridgehead atoms. The Bertz CT molecular complexity index is 827. The van der Waals surface area contributed by atoms with E-state index in [9.17, 15) is 4.79 Å². The summed E-state index contributed by atoms with van der Waals surface area (Å²) in [6, 6.07) is 15.3. The van der Waals surface area contributed by atoms with E-state index >= 15 is 0 Å². The number of aryl methyl sites for hydroxylation is 1. The minimum Gasteiger partial charge on any atom is -0.451 e. The van der Waals surface area contributed by atoms with Crippen LogP contribution < -0.4 is 10.4 Å². The zero-order chi connectivity index (χ0) is 15.7. The number of nitrogens with zero attached hydrogens (tertiary/aromatic N) is 1. The van der Waals surface area contributed by atoms with Gasteiger partial charge in [0.2, 0.25) is 0 Å². The number of amides is 1. The highest BCUT2D eigenvalue weighted by molar-refractivity contribution is 9.10. The van der Waals surface area contributed by atoms with Crippen LogP contribution in [0.5, 0.6) is 0 Å². The molecule has 0 saturated heterocycles. The van der Waals surface area contributed by atoms with Crippen molar-refractivity contribution in [2.45, 2.75) is 6.92 Å². The molecule has 1 heterocycles. The van der Waals surface area contributed by atoms with Crippen molar-refractivity contribution in [2.75, 3.05) is 12.1 Å². The number of carbonyl (C=O) groups is 1. The molecule has 0 unspecified atom stereocenters. The van der Waals surface area contributed by atoms with Crippen molar-refractivity contribution in [3.63, 3.8) is 0 Å². The van der Waals surface area contributed by atoms with Crippen molar-refractivity contribution in [3.05, 3.63) is 64.3 Å². The Balaban J connectivity index is 1.88. The summed E-state index contributed by atoms with van der Waals surface area (Å²) in [6.45, 7) is 1.88. The standard InChI is InChI=1S/C17H15BrN2O2/c1-11-14-10-12(18)8-9-15(14)22-16(11)17(21)19-20(2)13-6-4-3-5-7-13/h3-10H,1-2H3,(H,19,21). The average molecular weight is 359 g/mol. The maximum atomic E-state index is 12.4. The van der Waals surface area contributed by atoms with Crippen LogP contribution in [-0.2, 0) is 0 Å². The van der Waals surface area contributed by atoms with E-state index in [1.165, 1.54) is 0 Å². The van der Waals surface area contributed by atoms with Crippen molar-refractivity contribution in [1.82, 2.24) is 5.43 Å². The van der Waals surface area contributed by atoms with Crippen molar-refractivity contribution < 1.29 is 9.21 Å². The van der Waals surface area contributed by atoms with Gasteiger partial charge in [-0.05, 0) is 37.3 Å². The van der Waals surface area contributed by atoms with E-state index in [1.807, 2.05) is 55.5 Å². The molecule has 0 spiro atoms. The van der Waals surface area contributed by atoms with Crippen LogP contribution in [0.4, 0.5) is 5.69 Å². The summed E-state index contributed by atoms with van der Waals surface area (Å²) in [5.74, 6) is 0.0621. The number of hydrogen-bond acceptors (Lipinski definition) is 3. The third-order valence-corrected chi connectivity index (χ3v) is 4.01. The number of carbonyl (C=O) groups excluding carboxylic acids is 1. The quantitative estimate of drug-likeness (QED) is 0.710. The second kappa shape index (κ2) is 5.85. The molecule has 0 aliphatic rings. The molecule has 0 saturated carbocycles. The predicted molar refractivity (Wildman–Crippen MR) is 91.0 cm³/mol. The number of hydrogen-bond donors (Lipinski definition) is 1. The van der Waals surface area contributed by atoms with Crippen LogP contribution in [0.2, 0.25) is 0 Å². The maximum absolute atomic E-state index is 12.4. The Labute approximate surface area is 136 Å². The Morgan fingerprint density at radius 3 is 2.64 bits per heavy atom. The van der Waals surface area contributed by atoms with Crippen molar-refractivity contribution >= 4 is 38.5 Å². The normalized spacial score (nSPS) is 10.7. The first-order valence-electron chi connectivity index (χ1n) is 6.84. The fourth-order valence-corrected chi connectivity index (χ4v) is 2.69. The minimum absolute atomic E-state index is 0.267. The lowest BCUT2D eigenvalue weighted by Crippen LogP contribution is -2.39. The summed E-state index contributed by atoms with van der Waals surface area (Å²) >= 11 is 3.43. The van der Waals surface area contributed by atoms with Gasteiger partial charge in [0, 0.05) is 22.5 Å². The SMILES string of the molecule is Cc1c(C(=O)NN(C)c2ccccc2)oc2ccc(Br)cc12. The minimum atomic E-state index is -0.267. The summed E-state index contributed by atoms with van der Waals surface area (Å²) in [6.07, 6.45) is 0. The van der Waals surface area contributed by atoms with Gasteiger partial charge in [0.25, 0.3) is 0 Å². The second-order valence-electron chi connectivity index (χ2n) is 5.03. The zero-order valence-corrected chi connectivity index (χ0v) is 13.8. The molecule has 0 aliphatic carbocycles. The van der Waals surface area contributed by atoms with Crippen LogP contribution in [0.15, 0.2) is 57.4 Å². The van der Waals surface area contributed by atoms with Crippen LogP contribution in [0, 0.1) is 6.92 Å². The average Bonchev–Trinajstić information content (AvgIpc) is 2.85. The second-order valence-corrected chi connectivity index (χ2v) is 5.95. The van der Waals surface area contributed by atoms with E-state index in [4.69, 9.17) is 4.42 Å². The predicted octanol–water partition coefficient (Wildman–Crippen LogP) is 4.28. The molecule has 112 valence electrons. The molecule has 0 fully saturated rings. The van der Waals surface area contributed by atoms with E-state index in [0.29, 0.717) is 11.3 Å². The number of fused-ring (bicyclic) bond motifs is 1. The molecular weight excluding hydrogens is 344 g/mol. The van der Waals surface area contributed by atoms with E-state index in [1.54, 1.807) is 12.1 Å². The van der Waals surface area contributed by atoms with Crippen LogP contribution >= 0.6 is 15.9 Å².